The van der Waals surface area contributed by atoms with E-state index in [0.29, 0.717) is 18.7 Å². The number of carbonyl (C=O) groups excluding carboxylic acids is 2. The maximum atomic E-state index is 12.7. The molecule has 0 spiro atoms. The van der Waals surface area contributed by atoms with E-state index in [4.69, 9.17) is 0 Å². The Morgan fingerprint density at radius 3 is 2.16 bits per heavy atom. The molecule has 2 aliphatic rings. The molecule has 0 aliphatic carbocycles. The van der Waals surface area contributed by atoms with Gasteiger partial charge in [-0.3, -0.25) is 19.5 Å². The number of benzene rings is 1. The van der Waals surface area contributed by atoms with E-state index < -0.39 is 0 Å². The van der Waals surface area contributed by atoms with Gasteiger partial charge in [-0.25, -0.2) is 0 Å². The first kappa shape index (κ1) is 26.4. The Morgan fingerprint density at radius 1 is 0.969 bits per heavy atom. The van der Waals surface area contributed by atoms with Gasteiger partial charge in [0.1, 0.15) is 0 Å². The first-order valence-electron chi connectivity index (χ1n) is 11.4. The van der Waals surface area contributed by atoms with Crippen molar-refractivity contribution in [3.8, 4) is 0 Å². The summed E-state index contributed by atoms with van der Waals surface area (Å²) < 4.78 is 0. The van der Waals surface area contributed by atoms with E-state index in [1.165, 1.54) is 0 Å². The molecule has 1 aromatic rings. The Balaban J connectivity index is 0.00000363. The highest BCUT2D eigenvalue weighted by atomic mass is 127. The van der Waals surface area contributed by atoms with Gasteiger partial charge in [-0.2, -0.15) is 0 Å². The van der Waals surface area contributed by atoms with Gasteiger partial charge in [-0.1, -0.05) is 12.1 Å². The van der Waals surface area contributed by atoms with E-state index in [9.17, 15) is 9.59 Å². The minimum atomic E-state index is -0.0568. The number of amides is 2. The van der Waals surface area contributed by atoms with Crippen molar-refractivity contribution in [2.24, 2.45) is 4.99 Å². The lowest BCUT2D eigenvalue weighted by Crippen LogP contribution is -2.57. The van der Waals surface area contributed by atoms with Crippen LogP contribution >= 0.6 is 24.0 Å². The van der Waals surface area contributed by atoms with Crippen molar-refractivity contribution in [3.63, 3.8) is 0 Å². The molecule has 2 aliphatic heterocycles. The minimum absolute atomic E-state index is 0. The molecule has 32 heavy (non-hydrogen) atoms. The maximum Gasteiger partial charge on any atom is 0.251 e. The molecule has 2 fully saturated rings. The number of rotatable bonds is 6. The van der Waals surface area contributed by atoms with Gasteiger partial charge in [0.15, 0.2) is 5.96 Å². The zero-order chi connectivity index (χ0) is 22.2. The summed E-state index contributed by atoms with van der Waals surface area (Å²) in [5, 5.41) is 6.23. The van der Waals surface area contributed by atoms with Crippen LogP contribution in [0.5, 0.6) is 0 Å². The van der Waals surface area contributed by atoms with Crippen LogP contribution in [-0.2, 0) is 11.3 Å². The average Bonchev–Trinajstić information content (AvgIpc) is 3.34. The molecular weight excluding hydrogens is 519 g/mol. The van der Waals surface area contributed by atoms with Crippen LogP contribution in [0.15, 0.2) is 29.3 Å². The molecule has 178 valence electrons. The van der Waals surface area contributed by atoms with Crippen LogP contribution in [0.1, 0.15) is 42.6 Å². The Kier molecular flexibility index (Phi) is 10.7. The maximum absolute atomic E-state index is 12.7. The zero-order valence-corrected chi connectivity index (χ0v) is 21.8. The molecule has 0 saturated carbocycles. The lowest BCUT2D eigenvalue weighted by atomic mass is 10.1. The van der Waals surface area contributed by atoms with Crippen molar-refractivity contribution in [1.82, 2.24) is 25.3 Å². The van der Waals surface area contributed by atoms with Crippen LogP contribution in [-0.4, -0.2) is 91.4 Å². The second-order valence-electron chi connectivity index (χ2n) is 8.19. The van der Waals surface area contributed by atoms with Crippen molar-refractivity contribution in [1.29, 1.82) is 0 Å². The summed E-state index contributed by atoms with van der Waals surface area (Å²) in [6.07, 6.45) is 2.26. The third-order valence-electron chi connectivity index (χ3n) is 6.15. The van der Waals surface area contributed by atoms with E-state index in [1.54, 1.807) is 7.05 Å². The second kappa shape index (κ2) is 13.0. The van der Waals surface area contributed by atoms with Gasteiger partial charge in [0, 0.05) is 65.0 Å². The number of guanidine groups is 1. The molecule has 2 amide bonds. The topological polar surface area (TPSA) is 80.3 Å². The summed E-state index contributed by atoms with van der Waals surface area (Å²) in [6, 6.07) is 7.58. The first-order chi connectivity index (χ1) is 15.0. The Bertz CT molecular complexity index is 771. The zero-order valence-electron chi connectivity index (χ0n) is 19.5. The number of nitrogens with zero attached hydrogens (tertiary/aromatic N) is 4. The summed E-state index contributed by atoms with van der Waals surface area (Å²) >= 11 is 0. The molecule has 1 unspecified atom stereocenters. The highest BCUT2D eigenvalue weighted by molar-refractivity contribution is 14.0. The highest BCUT2D eigenvalue weighted by Gasteiger charge is 2.30. The van der Waals surface area contributed by atoms with Gasteiger partial charge in [0.05, 0.1) is 6.04 Å². The molecule has 2 heterocycles. The van der Waals surface area contributed by atoms with Crippen LogP contribution in [0.2, 0.25) is 0 Å². The van der Waals surface area contributed by atoms with E-state index >= 15 is 0 Å². The van der Waals surface area contributed by atoms with Crippen LogP contribution in [0.3, 0.4) is 0 Å². The minimum Gasteiger partial charge on any atom is -0.352 e. The van der Waals surface area contributed by atoms with Crippen molar-refractivity contribution >= 4 is 41.8 Å². The predicted octanol–water partition coefficient (Wildman–Crippen LogP) is 1.76. The fraction of sp³-hybridized carbons (Fsp3) is 0.609. The number of aliphatic imine (C=N–C) groups is 1. The van der Waals surface area contributed by atoms with Gasteiger partial charge in [0.25, 0.3) is 5.91 Å². The van der Waals surface area contributed by atoms with Crippen LogP contribution in [0.25, 0.3) is 0 Å². The van der Waals surface area contributed by atoms with Gasteiger partial charge < -0.3 is 20.4 Å². The SMILES string of the molecule is CCNC(=O)c1ccc(CNC(=NC)N2CCN(C(C)C(=O)N3CCCC3)CC2)cc1.I. The van der Waals surface area contributed by atoms with E-state index in [1.807, 2.05) is 43.0 Å². The fourth-order valence-corrected chi connectivity index (χ4v) is 4.23. The number of hydrogen-bond donors (Lipinski definition) is 2. The van der Waals surface area contributed by atoms with Crippen molar-refractivity contribution in [3.05, 3.63) is 35.4 Å². The van der Waals surface area contributed by atoms with E-state index in [2.05, 4.69) is 25.4 Å². The Morgan fingerprint density at radius 2 is 1.59 bits per heavy atom. The number of nitrogens with one attached hydrogen (secondary N) is 2. The summed E-state index contributed by atoms with van der Waals surface area (Å²) in [4.78, 5) is 35.5. The second-order valence-corrected chi connectivity index (χ2v) is 8.19. The molecule has 2 saturated heterocycles. The molecule has 3 rings (SSSR count). The average molecular weight is 556 g/mol. The first-order valence-corrected chi connectivity index (χ1v) is 11.4. The molecule has 8 nitrogen and oxygen atoms in total. The lowest BCUT2D eigenvalue weighted by Gasteiger charge is -2.39. The standard InChI is InChI=1S/C23H36N6O2.HI/c1-4-25-21(30)20-9-7-19(8-10-20)17-26-23(24-3)29-15-13-27(14-16-29)18(2)22(31)28-11-5-6-12-28;/h7-10,18H,4-6,11-17H2,1-3H3,(H,24,26)(H,25,30);1H. The van der Waals surface area contributed by atoms with Crippen LogP contribution in [0, 0.1) is 0 Å². The number of carbonyl (C=O) groups is 2. The summed E-state index contributed by atoms with van der Waals surface area (Å²) in [5.41, 5.74) is 1.77. The molecule has 0 radical (unpaired) electrons. The van der Waals surface area contributed by atoms with Gasteiger partial charge in [-0.05, 0) is 44.4 Å². The van der Waals surface area contributed by atoms with Gasteiger partial charge in [0.2, 0.25) is 5.91 Å². The summed E-state index contributed by atoms with van der Waals surface area (Å²) in [6.45, 7) is 10.4. The number of halogens is 1. The molecule has 2 N–H and O–H groups in total. The molecule has 0 bridgehead atoms. The van der Waals surface area contributed by atoms with Gasteiger partial charge in [-0.15, -0.1) is 24.0 Å². The molecule has 0 aromatic heterocycles. The van der Waals surface area contributed by atoms with Crippen LogP contribution in [0.4, 0.5) is 0 Å². The molecular formula is C23H37IN6O2. The number of likely N-dealkylation sites (tertiary alicyclic amines) is 1. The lowest BCUT2D eigenvalue weighted by molar-refractivity contribution is -0.135. The molecule has 1 aromatic carbocycles. The largest absolute Gasteiger partial charge is 0.352 e. The predicted molar refractivity (Wildman–Crippen MR) is 138 cm³/mol. The Labute approximate surface area is 208 Å². The van der Waals surface area contributed by atoms with Crippen molar-refractivity contribution < 1.29 is 9.59 Å². The van der Waals surface area contributed by atoms with Gasteiger partial charge >= 0.3 is 0 Å². The third kappa shape index (κ3) is 6.81. The number of hydrogen-bond acceptors (Lipinski definition) is 4. The van der Waals surface area contributed by atoms with Crippen LogP contribution < -0.4 is 10.6 Å². The normalized spacial score (nSPS) is 18.2. The van der Waals surface area contributed by atoms with Crippen molar-refractivity contribution in [2.75, 3.05) is 52.9 Å². The van der Waals surface area contributed by atoms with E-state index in [-0.39, 0.29) is 41.8 Å². The van der Waals surface area contributed by atoms with Crippen molar-refractivity contribution in [2.45, 2.75) is 39.3 Å². The number of piperazine rings is 1. The fourth-order valence-electron chi connectivity index (χ4n) is 4.23. The third-order valence-corrected chi connectivity index (χ3v) is 6.15. The molecule has 9 heteroatoms. The Hall–Kier alpha value is -1.88. The van der Waals surface area contributed by atoms with E-state index in [0.717, 1.165) is 63.6 Å². The highest BCUT2D eigenvalue weighted by Crippen LogP contribution is 2.14. The smallest absolute Gasteiger partial charge is 0.251 e. The summed E-state index contributed by atoms with van der Waals surface area (Å²) in [5.74, 6) is 1.09. The monoisotopic (exact) mass is 556 g/mol. The summed E-state index contributed by atoms with van der Waals surface area (Å²) in [7, 11) is 1.80. The quantitative estimate of drug-likeness (QED) is 0.317. The molecule has 1 atom stereocenters.